The Morgan fingerprint density at radius 1 is 1.24 bits per heavy atom. The maximum absolute atomic E-state index is 13.2. The molecule has 1 N–H and O–H groups in total. The molecular weight excluding hydrogens is 399 g/mol. The average molecular weight is 416 g/mol. The van der Waals surface area contributed by atoms with Crippen molar-refractivity contribution in [2.45, 2.75) is 26.1 Å². The lowest BCUT2D eigenvalue weighted by atomic mass is 10.0. The quantitative estimate of drug-likeness (QED) is 0.771. The number of aryl methyl sites for hydroxylation is 1. The zero-order valence-electron chi connectivity index (χ0n) is 13.7. The van der Waals surface area contributed by atoms with Crippen LogP contribution in [0.1, 0.15) is 22.3 Å². The number of ether oxygens (including phenoxy) is 1. The SMILES string of the molecule is CNC(=O)Cc1cccc(Br)c1COc1ccc(C)cc1C(F)(F)F. The Morgan fingerprint density at radius 3 is 2.60 bits per heavy atom. The molecule has 0 saturated heterocycles. The number of hydrogen-bond acceptors (Lipinski definition) is 2. The molecule has 0 bridgehead atoms. The highest BCUT2D eigenvalue weighted by Gasteiger charge is 2.34. The summed E-state index contributed by atoms with van der Waals surface area (Å²) in [5.41, 5.74) is 1.02. The lowest BCUT2D eigenvalue weighted by Crippen LogP contribution is -2.21. The summed E-state index contributed by atoms with van der Waals surface area (Å²) in [5, 5.41) is 2.53. The van der Waals surface area contributed by atoms with Crippen LogP contribution in [0.25, 0.3) is 0 Å². The van der Waals surface area contributed by atoms with E-state index in [9.17, 15) is 18.0 Å². The third kappa shape index (κ3) is 4.98. The molecule has 25 heavy (non-hydrogen) atoms. The lowest BCUT2D eigenvalue weighted by Gasteiger charge is -2.17. The number of amides is 1. The normalized spacial score (nSPS) is 11.3. The summed E-state index contributed by atoms with van der Waals surface area (Å²) >= 11 is 3.37. The van der Waals surface area contributed by atoms with E-state index >= 15 is 0 Å². The Hall–Kier alpha value is -2.02. The molecule has 0 spiro atoms. The van der Waals surface area contributed by atoms with Crippen LogP contribution < -0.4 is 10.1 Å². The molecule has 0 aliphatic carbocycles. The number of benzene rings is 2. The zero-order chi connectivity index (χ0) is 18.6. The molecule has 134 valence electrons. The lowest BCUT2D eigenvalue weighted by molar-refractivity contribution is -0.139. The summed E-state index contributed by atoms with van der Waals surface area (Å²) in [5.74, 6) is -0.426. The van der Waals surface area contributed by atoms with Crippen LogP contribution in [-0.2, 0) is 24.0 Å². The number of likely N-dealkylation sites (N-methyl/N-ethyl adjacent to an activating group) is 1. The number of halogens is 4. The monoisotopic (exact) mass is 415 g/mol. The van der Waals surface area contributed by atoms with Gasteiger partial charge in [0.1, 0.15) is 12.4 Å². The van der Waals surface area contributed by atoms with Gasteiger partial charge in [-0.1, -0.05) is 39.7 Å². The number of rotatable bonds is 5. The van der Waals surface area contributed by atoms with Crippen molar-refractivity contribution < 1.29 is 22.7 Å². The molecule has 0 radical (unpaired) electrons. The molecule has 2 aromatic carbocycles. The molecule has 0 aromatic heterocycles. The minimum absolute atomic E-state index is 0.0834. The number of hydrogen-bond donors (Lipinski definition) is 1. The van der Waals surface area contributed by atoms with Crippen molar-refractivity contribution in [1.29, 1.82) is 0 Å². The fraction of sp³-hybridized carbons (Fsp3) is 0.278. The van der Waals surface area contributed by atoms with Crippen molar-refractivity contribution in [3.8, 4) is 5.75 Å². The largest absolute Gasteiger partial charge is 0.488 e. The topological polar surface area (TPSA) is 38.3 Å². The second kappa shape index (κ2) is 7.91. The number of carbonyl (C=O) groups excluding carboxylic acids is 1. The van der Waals surface area contributed by atoms with Crippen molar-refractivity contribution in [3.05, 3.63) is 63.1 Å². The minimum atomic E-state index is -4.50. The van der Waals surface area contributed by atoms with Gasteiger partial charge in [0.05, 0.1) is 12.0 Å². The molecule has 0 atom stereocenters. The Labute approximate surface area is 152 Å². The second-order valence-corrected chi connectivity index (χ2v) is 6.37. The maximum atomic E-state index is 13.2. The Balaban J connectivity index is 2.29. The summed E-state index contributed by atoms with van der Waals surface area (Å²) in [4.78, 5) is 11.6. The molecule has 2 rings (SSSR count). The molecule has 1 amide bonds. The van der Waals surface area contributed by atoms with E-state index in [2.05, 4.69) is 21.2 Å². The molecule has 3 nitrogen and oxygen atoms in total. The fourth-order valence-corrected chi connectivity index (χ4v) is 2.85. The molecular formula is C18H17BrF3NO2. The predicted molar refractivity (Wildman–Crippen MR) is 92.4 cm³/mol. The van der Waals surface area contributed by atoms with Crippen LogP contribution in [0.3, 0.4) is 0 Å². The first-order chi connectivity index (χ1) is 11.7. The van der Waals surface area contributed by atoms with Gasteiger partial charge >= 0.3 is 6.18 Å². The van der Waals surface area contributed by atoms with Crippen LogP contribution in [0.2, 0.25) is 0 Å². The van der Waals surface area contributed by atoms with Gasteiger partial charge in [-0.15, -0.1) is 0 Å². The summed E-state index contributed by atoms with van der Waals surface area (Å²) in [7, 11) is 1.53. The van der Waals surface area contributed by atoms with Gasteiger partial charge < -0.3 is 10.1 Å². The van der Waals surface area contributed by atoms with E-state index in [-0.39, 0.29) is 24.7 Å². The van der Waals surface area contributed by atoms with Gasteiger partial charge in [-0.25, -0.2) is 0 Å². The second-order valence-electron chi connectivity index (χ2n) is 5.51. The van der Waals surface area contributed by atoms with Crippen LogP contribution in [0.15, 0.2) is 40.9 Å². The number of carbonyl (C=O) groups is 1. The summed E-state index contributed by atoms with van der Waals surface area (Å²) in [6.45, 7) is 1.51. The first kappa shape index (κ1) is 19.3. The minimum Gasteiger partial charge on any atom is -0.488 e. The smallest absolute Gasteiger partial charge is 0.419 e. The summed E-state index contributed by atoms with van der Waals surface area (Å²) in [6, 6.07) is 9.20. The highest BCUT2D eigenvalue weighted by atomic mass is 79.9. The van der Waals surface area contributed by atoms with E-state index in [1.54, 1.807) is 31.2 Å². The standard InChI is InChI=1S/C18H17BrF3NO2/c1-11-6-7-16(14(8-11)18(20,21)22)25-10-13-12(9-17(24)23-2)4-3-5-15(13)19/h3-8H,9-10H2,1-2H3,(H,23,24). The van der Waals surface area contributed by atoms with Crippen molar-refractivity contribution >= 4 is 21.8 Å². The van der Waals surface area contributed by atoms with Gasteiger partial charge in [-0.05, 0) is 30.7 Å². The molecule has 0 saturated carbocycles. The van der Waals surface area contributed by atoms with Gasteiger partial charge in [0.2, 0.25) is 5.91 Å². The highest BCUT2D eigenvalue weighted by Crippen LogP contribution is 2.37. The molecule has 0 fully saturated rings. The third-order valence-electron chi connectivity index (χ3n) is 3.66. The third-order valence-corrected chi connectivity index (χ3v) is 4.40. The fourth-order valence-electron chi connectivity index (χ4n) is 2.33. The Morgan fingerprint density at radius 2 is 1.96 bits per heavy atom. The van der Waals surface area contributed by atoms with Crippen molar-refractivity contribution in [2.75, 3.05) is 7.05 Å². The highest BCUT2D eigenvalue weighted by molar-refractivity contribution is 9.10. The van der Waals surface area contributed by atoms with Crippen LogP contribution in [0.4, 0.5) is 13.2 Å². The molecule has 0 unspecified atom stereocenters. The maximum Gasteiger partial charge on any atom is 0.419 e. The van der Waals surface area contributed by atoms with Crippen LogP contribution in [0, 0.1) is 6.92 Å². The van der Waals surface area contributed by atoms with E-state index in [1.807, 2.05) is 0 Å². The van der Waals surface area contributed by atoms with E-state index in [0.29, 0.717) is 21.2 Å². The predicted octanol–water partition coefficient (Wildman–Crippen LogP) is 4.64. The molecule has 0 aliphatic rings. The van der Waals surface area contributed by atoms with Gasteiger partial charge in [-0.3, -0.25) is 4.79 Å². The van der Waals surface area contributed by atoms with Gasteiger partial charge in [0, 0.05) is 17.1 Å². The molecule has 2 aromatic rings. The Kier molecular flexibility index (Phi) is 6.11. The number of nitrogens with one attached hydrogen (secondary N) is 1. The molecule has 0 aliphatic heterocycles. The van der Waals surface area contributed by atoms with E-state index < -0.39 is 11.7 Å². The van der Waals surface area contributed by atoms with Crippen LogP contribution in [0.5, 0.6) is 5.75 Å². The average Bonchev–Trinajstić information content (AvgIpc) is 2.54. The first-order valence-electron chi connectivity index (χ1n) is 7.50. The first-order valence-corrected chi connectivity index (χ1v) is 8.29. The van der Waals surface area contributed by atoms with Crippen molar-refractivity contribution in [3.63, 3.8) is 0 Å². The zero-order valence-corrected chi connectivity index (χ0v) is 15.3. The van der Waals surface area contributed by atoms with E-state index in [4.69, 9.17) is 4.74 Å². The van der Waals surface area contributed by atoms with E-state index in [0.717, 1.165) is 6.07 Å². The van der Waals surface area contributed by atoms with Crippen LogP contribution in [-0.4, -0.2) is 13.0 Å². The molecule has 7 heteroatoms. The van der Waals surface area contributed by atoms with Gasteiger partial charge in [-0.2, -0.15) is 13.2 Å². The van der Waals surface area contributed by atoms with Gasteiger partial charge in [0.25, 0.3) is 0 Å². The molecule has 0 heterocycles. The van der Waals surface area contributed by atoms with Crippen LogP contribution >= 0.6 is 15.9 Å². The summed E-state index contributed by atoms with van der Waals surface area (Å²) < 4.78 is 45.7. The Bertz CT molecular complexity index is 775. The number of alkyl halides is 3. The van der Waals surface area contributed by atoms with Gasteiger partial charge in [0.15, 0.2) is 0 Å². The van der Waals surface area contributed by atoms with Crippen molar-refractivity contribution in [2.24, 2.45) is 0 Å². The van der Waals surface area contributed by atoms with E-state index in [1.165, 1.54) is 13.1 Å². The van der Waals surface area contributed by atoms with Crippen molar-refractivity contribution in [1.82, 2.24) is 5.32 Å². The summed E-state index contributed by atoms with van der Waals surface area (Å²) in [6.07, 6.45) is -4.38.